The second kappa shape index (κ2) is 5.92. The number of nitrogens with zero attached hydrogens (tertiary/aromatic N) is 2. The molecule has 0 spiro atoms. The molecule has 0 aliphatic heterocycles. The van der Waals surface area contributed by atoms with E-state index in [-0.39, 0.29) is 5.41 Å². The lowest BCUT2D eigenvalue weighted by atomic mass is 9.95. The number of hydrogen-bond acceptors (Lipinski definition) is 4. The molecule has 0 aliphatic carbocycles. The van der Waals surface area contributed by atoms with Crippen LogP contribution in [0.2, 0.25) is 0 Å². The summed E-state index contributed by atoms with van der Waals surface area (Å²) < 4.78 is 0. The molecule has 2 aromatic heterocycles. The Hall–Kier alpha value is -1.42. The average molecular weight is 289 g/mol. The quantitative estimate of drug-likeness (QED) is 0.900. The normalized spacial score (nSPS) is 11.7. The molecule has 0 radical (unpaired) electrons. The van der Waals surface area contributed by atoms with Crippen LogP contribution < -0.4 is 5.32 Å². The number of aromatic nitrogens is 2. The van der Waals surface area contributed by atoms with Crippen LogP contribution >= 0.6 is 11.3 Å². The summed E-state index contributed by atoms with van der Waals surface area (Å²) in [7, 11) is 1.90. The topological polar surface area (TPSA) is 37.8 Å². The van der Waals surface area contributed by atoms with Crippen molar-refractivity contribution in [1.29, 1.82) is 0 Å². The van der Waals surface area contributed by atoms with E-state index in [1.54, 1.807) is 11.3 Å². The van der Waals surface area contributed by atoms with Gasteiger partial charge in [0.15, 0.2) is 5.82 Å². The molecule has 108 valence electrons. The molecular weight excluding hydrogens is 266 g/mol. The van der Waals surface area contributed by atoms with E-state index in [1.165, 1.54) is 4.88 Å². The maximum atomic E-state index is 4.70. The van der Waals surface area contributed by atoms with Gasteiger partial charge >= 0.3 is 0 Å². The van der Waals surface area contributed by atoms with Crippen LogP contribution in [0, 0.1) is 0 Å². The van der Waals surface area contributed by atoms with Gasteiger partial charge in [0.2, 0.25) is 0 Å². The molecule has 0 fully saturated rings. The molecule has 0 aromatic carbocycles. The van der Waals surface area contributed by atoms with E-state index in [2.05, 4.69) is 50.1 Å². The Kier molecular flexibility index (Phi) is 4.43. The van der Waals surface area contributed by atoms with Crippen LogP contribution in [0.15, 0.2) is 18.2 Å². The smallest absolute Gasteiger partial charge is 0.171 e. The fourth-order valence-corrected chi connectivity index (χ4v) is 2.98. The van der Waals surface area contributed by atoms with Crippen molar-refractivity contribution >= 4 is 17.2 Å². The summed E-state index contributed by atoms with van der Waals surface area (Å²) >= 11 is 1.79. The Morgan fingerprint density at radius 3 is 2.50 bits per heavy atom. The highest BCUT2D eigenvalue weighted by atomic mass is 32.1. The van der Waals surface area contributed by atoms with Gasteiger partial charge in [-0.15, -0.1) is 11.3 Å². The molecule has 1 N–H and O–H groups in total. The summed E-state index contributed by atoms with van der Waals surface area (Å²) in [6.07, 6.45) is 2.08. The first kappa shape index (κ1) is 15.0. The van der Waals surface area contributed by atoms with Crippen molar-refractivity contribution in [2.75, 3.05) is 12.4 Å². The lowest BCUT2D eigenvalue weighted by Crippen LogP contribution is -2.07. The number of thiophene rings is 1. The van der Waals surface area contributed by atoms with Gasteiger partial charge in [0.1, 0.15) is 5.82 Å². The molecule has 4 heteroatoms. The Morgan fingerprint density at radius 1 is 1.20 bits per heavy atom. The van der Waals surface area contributed by atoms with Gasteiger partial charge in [-0.05, 0) is 24.0 Å². The Morgan fingerprint density at radius 2 is 1.95 bits per heavy atom. The summed E-state index contributed by atoms with van der Waals surface area (Å²) in [6, 6.07) is 6.36. The van der Waals surface area contributed by atoms with Gasteiger partial charge in [0.25, 0.3) is 0 Å². The number of anilines is 1. The maximum Gasteiger partial charge on any atom is 0.171 e. The van der Waals surface area contributed by atoms with Crippen LogP contribution in [-0.4, -0.2) is 17.0 Å². The largest absolute Gasteiger partial charge is 0.373 e. The lowest BCUT2D eigenvalue weighted by Gasteiger charge is -2.15. The summed E-state index contributed by atoms with van der Waals surface area (Å²) in [6.45, 7) is 8.87. The number of rotatable bonds is 4. The summed E-state index contributed by atoms with van der Waals surface area (Å²) in [4.78, 5) is 11.8. The molecule has 2 aromatic rings. The Balaban J connectivity index is 2.41. The van der Waals surface area contributed by atoms with Crippen molar-refractivity contribution in [2.45, 2.75) is 46.0 Å². The minimum absolute atomic E-state index is 0.176. The third-order valence-electron chi connectivity index (χ3n) is 3.11. The zero-order valence-electron chi connectivity index (χ0n) is 12.9. The highest BCUT2D eigenvalue weighted by Gasteiger charge is 2.17. The van der Waals surface area contributed by atoms with E-state index in [1.807, 2.05) is 13.1 Å². The molecule has 0 saturated carbocycles. The van der Waals surface area contributed by atoms with Crippen molar-refractivity contribution < 1.29 is 0 Å². The van der Waals surface area contributed by atoms with Crippen molar-refractivity contribution in [2.24, 2.45) is 0 Å². The van der Waals surface area contributed by atoms with E-state index >= 15 is 0 Å². The minimum Gasteiger partial charge on any atom is -0.373 e. The molecule has 2 rings (SSSR count). The first-order valence-corrected chi connectivity index (χ1v) is 7.92. The molecule has 0 saturated heterocycles. The second-order valence-corrected chi connectivity index (χ2v) is 7.07. The number of hydrogen-bond donors (Lipinski definition) is 1. The Labute approximate surface area is 125 Å². The van der Waals surface area contributed by atoms with Crippen LogP contribution in [0.3, 0.4) is 0 Å². The summed E-state index contributed by atoms with van der Waals surface area (Å²) in [5.74, 6) is 1.73. The van der Waals surface area contributed by atoms with Gasteiger partial charge in [-0.2, -0.15) is 0 Å². The van der Waals surface area contributed by atoms with Crippen LogP contribution in [0.5, 0.6) is 0 Å². The van der Waals surface area contributed by atoms with Gasteiger partial charge in [-0.25, -0.2) is 9.97 Å². The molecule has 3 nitrogen and oxygen atoms in total. The third-order valence-corrected chi connectivity index (χ3v) is 4.61. The monoisotopic (exact) mass is 289 g/mol. The molecular formula is C16H23N3S. The van der Waals surface area contributed by atoms with Crippen LogP contribution in [0.4, 0.5) is 5.82 Å². The standard InChI is InChI=1S/C16H23N3S/c1-6-7-11-10-14(17-5)19-15(18-11)12-8-9-13(20-12)16(2,3)4/h8-10H,6-7H2,1-5H3,(H,17,18,19). The molecule has 0 aliphatic rings. The molecule has 0 unspecified atom stereocenters. The fourth-order valence-electron chi connectivity index (χ4n) is 1.98. The summed E-state index contributed by atoms with van der Waals surface area (Å²) in [5.41, 5.74) is 1.28. The second-order valence-electron chi connectivity index (χ2n) is 5.98. The van der Waals surface area contributed by atoms with Crippen molar-refractivity contribution in [3.8, 4) is 10.7 Å². The van der Waals surface area contributed by atoms with Gasteiger partial charge in [-0.3, -0.25) is 0 Å². The lowest BCUT2D eigenvalue weighted by molar-refractivity contribution is 0.604. The zero-order chi connectivity index (χ0) is 14.8. The van der Waals surface area contributed by atoms with Gasteiger partial charge in [0, 0.05) is 23.7 Å². The van der Waals surface area contributed by atoms with Gasteiger partial charge in [-0.1, -0.05) is 34.1 Å². The van der Waals surface area contributed by atoms with Crippen molar-refractivity contribution in [1.82, 2.24) is 9.97 Å². The predicted molar refractivity (Wildman–Crippen MR) is 87.6 cm³/mol. The third kappa shape index (κ3) is 3.37. The molecule has 20 heavy (non-hydrogen) atoms. The van der Waals surface area contributed by atoms with Crippen LogP contribution in [-0.2, 0) is 11.8 Å². The van der Waals surface area contributed by atoms with E-state index in [0.717, 1.165) is 35.1 Å². The zero-order valence-corrected chi connectivity index (χ0v) is 13.8. The van der Waals surface area contributed by atoms with E-state index in [0.29, 0.717) is 0 Å². The SMILES string of the molecule is CCCc1cc(NC)nc(-c2ccc(C(C)(C)C)s2)n1. The van der Waals surface area contributed by atoms with Gasteiger partial charge < -0.3 is 5.32 Å². The van der Waals surface area contributed by atoms with Crippen LogP contribution in [0.1, 0.15) is 44.7 Å². The molecule has 0 bridgehead atoms. The number of nitrogens with one attached hydrogen (secondary N) is 1. The van der Waals surface area contributed by atoms with Gasteiger partial charge in [0.05, 0.1) is 4.88 Å². The van der Waals surface area contributed by atoms with E-state index < -0.39 is 0 Å². The van der Waals surface area contributed by atoms with Crippen molar-refractivity contribution in [3.05, 3.63) is 28.8 Å². The predicted octanol–water partition coefficient (Wildman–Crippen LogP) is 4.50. The number of aryl methyl sites for hydroxylation is 1. The van der Waals surface area contributed by atoms with E-state index in [4.69, 9.17) is 4.98 Å². The molecule has 0 amide bonds. The molecule has 0 atom stereocenters. The maximum absolute atomic E-state index is 4.70. The highest BCUT2D eigenvalue weighted by Crippen LogP contribution is 2.34. The minimum atomic E-state index is 0.176. The van der Waals surface area contributed by atoms with E-state index in [9.17, 15) is 0 Å². The Bertz CT molecular complexity index is 582. The average Bonchev–Trinajstić information content (AvgIpc) is 2.88. The molecule has 2 heterocycles. The fraction of sp³-hybridized carbons (Fsp3) is 0.500. The first-order valence-electron chi connectivity index (χ1n) is 7.10. The van der Waals surface area contributed by atoms with Crippen molar-refractivity contribution in [3.63, 3.8) is 0 Å². The first-order chi connectivity index (χ1) is 9.44. The highest BCUT2D eigenvalue weighted by molar-refractivity contribution is 7.15. The van der Waals surface area contributed by atoms with Crippen LogP contribution in [0.25, 0.3) is 10.7 Å². The summed E-state index contributed by atoms with van der Waals surface area (Å²) in [5, 5.41) is 3.13.